The Labute approximate surface area is 87.1 Å². The highest BCUT2D eigenvalue weighted by Crippen LogP contribution is 2.19. The standard InChI is InChI=1S/C13H20O/c1-5-12(6-2)14-13-8-7-10(3)11(4)9-13/h7-9,12H,5-6H2,1-4H3. The van der Waals surface area contributed by atoms with E-state index in [2.05, 4.69) is 45.9 Å². The van der Waals surface area contributed by atoms with Gasteiger partial charge in [0.2, 0.25) is 0 Å². The summed E-state index contributed by atoms with van der Waals surface area (Å²) in [7, 11) is 0. The van der Waals surface area contributed by atoms with Crippen LogP contribution >= 0.6 is 0 Å². The van der Waals surface area contributed by atoms with Gasteiger partial charge in [0.25, 0.3) is 0 Å². The molecule has 0 aliphatic heterocycles. The molecule has 0 radical (unpaired) electrons. The summed E-state index contributed by atoms with van der Waals surface area (Å²) in [6, 6.07) is 6.29. The van der Waals surface area contributed by atoms with Crippen LogP contribution in [0.2, 0.25) is 0 Å². The molecule has 0 aromatic heterocycles. The SMILES string of the molecule is CCC(CC)Oc1ccc(C)c(C)c1. The molecule has 0 fully saturated rings. The van der Waals surface area contributed by atoms with Gasteiger partial charge in [0.1, 0.15) is 5.75 Å². The number of rotatable bonds is 4. The smallest absolute Gasteiger partial charge is 0.119 e. The average Bonchev–Trinajstić information content (AvgIpc) is 2.19. The fraction of sp³-hybridized carbons (Fsp3) is 0.538. The number of hydrogen-bond acceptors (Lipinski definition) is 1. The van der Waals surface area contributed by atoms with Gasteiger partial charge in [-0.3, -0.25) is 0 Å². The van der Waals surface area contributed by atoms with E-state index >= 15 is 0 Å². The molecule has 0 atom stereocenters. The van der Waals surface area contributed by atoms with Crippen LogP contribution in [0.3, 0.4) is 0 Å². The Hall–Kier alpha value is -0.980. The lowest BCUT2D eigenvalue weighted by molar-refractivity contribution is 0.193. The predicted octanol–water partition coefficient (Wildman–Crippen LogP) is 3.87. The van der Waals surface area contributed by atoms with E-state index in [0.29, 0.717) is 6.10 Å². The molecule has 0 saturated carbocycles. The second kappa shape index (κ2) is 5.04. The Morgan fingerprint density at radius 1 is 1.07 bits per heavy atom. The quantitative estimate of drug-likeness (QED) is 0.703. The fourth-order valence-corrected chi connectivity index (χ4v) is 1.44. The van der Waals surface area contributed by atoms with Crippen molar-refractivity contribution >= 4 is 0 Å². The molecular formula is C13H20O. The first-order valence-electron chi connectivity index (χ1n) is 5.41. The molecular weight excluding hydrogens is 172 g/mol. The van der Waals surface area contributed by atoms with Crippen molar-refractivity contribution in [1.29, 1.82) is 0 Å². The topological polar surface area (TPSA) is 9.23 Å². The van der Waals surface area contributed by atoms with Crippen molar-refractivity contribution in [2.45, 2.75) is 46.6 Å². The summed E-state index contributed by atoms with van der Waals surface area (Å²) in [6.07, 6.45) is 2.50. The van der Waals surface area contributed by atoms with Crippen molar-refractivity contribution in [2.75, 3.05) is 0 Å². The minimum absolute atomic E-state index is 0.358. The van der Waals surface area contributed by atoms with Crippen LogP contribution in [-0.2, 0) is 0 Å². The maximum absolute atomic E-state index is 5.85. The highest BCUT2D eigenvalue weighted by Gasteiger charge is 2.05. The molecule has 0 N–H and O–H groups in total. The van der Waals surface area contributed by atoms with Crippen molar-refractivity contribution in [3.8, 4) is 5.75 Å². The van der Waals surface area contributed by atoms with E-state index in [1.54, 1.807) is 0 Å². The third-order valence-electron chi connectivity index (χ3n) is 2.69. The zero-order valence-electron chi connectivity index (χ0n) is 9.63. The fourth-order valence-electron chi connectivity index (χ4n) is 1.44. The number of hydrogen-bond donors (Lipinski definition) is 0. The Balaban J connectivity index is 2.72. The van der Waals surface area contributed by atoms with Crippen LogP contribution in [0.25, 0.3) is 0 Å². The van der Waals surface area contributed by atoms with Gasteiger partial charge in [0, 0.05) is 0 Å². The first-order valence-corrected chi connectivity index (χ1v) is 5.41. The monoisotopic (exact) mass is 192 g/mol. The number of ether oxygens (including phenoxy) is 1. The van der Waals surface area contributed by atoms with E-state index in [0.717, 1.165) is 18.6 Å². The second-order valence-electron chi connectivity index (χ2n) is 3.80. The van der Waals surface area contributed by atoms with E-state index in [9.17, 15) is 0 Å². The first kappa shape index (κ1) is 11.1. The summed E-state index contributed by atoms with van der Waals surface area (Å²) in [5, 5.41) is 0. The average molecular weight is 192 g/mol. The molecule has 0 saturated heterocycles. The Morgan fingerprint density at radius 3 is 2.21 bits per heavy atom. The highest BCUT2D eigenvalue weighted by atomic mass is 16.5. The molecule has 1 aromatic carbocycles. The normalized spacial score (nSPS) is 10.6. The molecule has 0 heterocycles. The number of benzene rings is 1. The van der Waals surface area contributed by atoms with Crippen LogP contribution < -0.4 is 4.74 Å². The van der Waals surface area contributed by atoms with E-state index in [1.807, 2.05) is 0 Å². The predicted molar refractivity (Wildman–Crippen MR) is 60.9 cm³/mol. The third kappa shape index (κ3) is 2.76. The summed E-state index contributed by atoms with van der Waals surface area (Å²) < 4.78 is 5.85. The molecule has 0 unspecified atom stereocenters. The van der Waals surface area contributed by atoms with E-state index < -0.39 is 0 Å². The molecule has 1 aromatic rings. The molecule has 1 nitrogen and oxygen atoms in total. The minimum atomic E-state index is 0.358. The minimum Gasteiger partial charge on any atom is -0.490 e. The molecule has 0 bridgehead atoms. The van der Waals surface area contributed by atoms with Crippen molar-refractivity contribution in [3.05, 3.63) is 29.3 Å². The highest BCUT2D eigenvalue weighted by molar-refractivity contribution is 5.33. The van der Waals surface area contributed by atoms with Gasteiger partial charge < -0.3 is 4.74 Å². The van der Waals surface area contributed by atoms with Crippen LogP contribution in [-0.4, -0.2) is 6.10 Å². The van der Waals surface area contributed by atoms with Gasteiger partial charge in [-0.05, 0) is 49.9 Å². The van der Waals surface area contributed by atoms with Gasteiger partial charge in [0.05, 0.1) is 6.10 Å². The maximum atomic E-state index is 5.85. The Kier molecular flexibility index (Phi) is 3.99. The Morgan fingerprint density at radius 2 is 1.71 bits per heavy atom. The van der Waals surface area contributed by atoms with E-state index in [1.165, 1.54) is 11.1 Å². The van der Waals surface area contributed by atoms with Crippen molar-refractivity contribution < 1.29 is 4.74 Å². The molecule has 0 spiro atoms. The van der Waals surface area contributed by atoms with Gasteiger partial charge in [-0.15, -0.1) is 0 Å². The summed E-state index contributed by atoms with van der Waals surface area (Å²) in [4.78, 5) is 0. The van der Waals surface area contributed by atoms with E-state index in [4.69, 9.17) is 4.74 Å². The van der Waals surface area contributed by atoms with Crippen molar-refractivity contribution in [1.82, 2.24) is 0 Å². The molecule has 0 amide bonds. The Bertz CT molecular complexity index is 287. The largest absolute Gasteiger partial charge is 0.490 e. The molecule has 0 aliphatic rings. The molecule has 1 rings (SSSR count). The van der Waals surface area contributed by atoms with Gasteiger partial charge in [-0.25, -0.2) is 0 Å². The molecule has 78 valence electrons. The lowest BCUT2D eigenvalue weighted by atomic mass is 10.1. The molecule has 14 heavy (non-hydrogen) atoms. The van der Waals surface area contributed by atoms with Crippen LogP contribution in [0.15, 0.2) is 18.2 Å². The van der Waals surface area contributed by atoms with Gasteiger partial charge in [-0.1, -0.05) is 19.9 Å². The lowest BCUT2D eigenvalue weighted by Gasteiger charge is -2.16. The number of aryl methyl sites for hydroxylation is 2. The van der Waals surface area contributed by atoms with Gasteiger partial charge >= 0.3 is 0 Å². The van der Waals surface area contributed by atoms with Crippen LogP contribution in [0, 0.1) is 13.8 Å². The zero-order valence-corrected chi connectivity index (χ0v) is 9.63. The summed E-state index contributed by atoms with van der Waals surface area (Å²) >= 11 is 0. The van der Waals surface area contributed by atoms with Gasteiger partial charge in [-0.2, -0.15) is 0 Å². The first-order chi connectivity index (χ1) is 6.67. The van der Waals surface area contributed by atoms with Crippen LogP contribution in [0.4, 0.5) is 0 Å². The molecule has 0 aliphatic carbocycles. The second-order valence-corrected chi connectivity index (χ2v) is 3.80. The zero-order chi connectivity index (χ0) is 10.6. The maximum Gasteiger partial charge on any atom is 0.119 e. The molecule has 1 heteroatoms. The van der Waals surface area contributed by atoms with Crippen molar-refractivity contribution in [2.24, 2.45) is 0 Å². The van der Waals surface area contributed by atoms with E-state index in [-0.39, 0.29) is 0 Å². The summed E-state index contributed by atoms with van der Waals surface area (Å²) in [6.45, 7) is 8.57. The van der Waals surface area contributed by atoms with Crippen LogP contribution in [0.5, 0.6) is 5.75 Å². The third-order valence-corrected chi connectivity index (χ3v) is 2.69. The lowest BCUT2D eigenvalue weighted by Crippen LogP contribution is -2.13. The summed E-state index contributed by atoms with van der Waals surface area (Å²) in [5.74, 6) is 1.00. The summed E-state index contributed by atoms with van der Waals surface area (Å²) in [5.41, 5.74) is 2.62. The van der Waals surface area contributed by atoms with Gasteiger partial charge in [0.15, 0.2) is 0 Å². The van der Waals surface area contributed by atoms with Crippen LogP contribution in [0.1, 0.15) is 37.8 Å². The van der Waals surface area contributed by atoms with Crippen molar-refractivity contribution in [3.63, 3.8) is 0 Å².